The predicted octanol–water partition coefficient (Wildman–Crippen LogP) is 3.90. The molecule has 2 saturated heterocycles. The molecule has 0 saturated carbocycles. The lowest BCUT2D eigenvalue weighted by Crippen LogP contribution is -2.34. The Hall–Kier alpha value is -3.93. The first-order valence-corrected chi connectivity index (χ1v) is 13.3. The molecule has 0 aliphatic carbocycles. The van der Waals surface area contributed by atoms with Crippen LogP contribution < -0.4 is 21.3 Å². The smallest absolute Gasteiger partial charge is 0.371 e. The van der Waals surface area contributed by atoms with Crippen molar-refractivity contribution < 1.29 is 27.6 Å². The zero-order valence-corrected chi connectivity index (χ0v) is 22.0. The average Bonchev–Trinajstić information content (AvgIpc) is 3.26. The van der Waals surface area contributed by atoms with Gasteiger partial charge in [-0.3, -0.25) is 14.5 Å². The highest BCUT2D eigenvalue weighted by atomic mass is 19.4. The molecule has 0 radical (unpaired) electrons. The van der Waals surface area contributed by atoms with Crippen molar-refractivity contribution in [3.8, 4) is 0 Å². The lowest BCUT2D eigenvalue weighted by Gasteiger charge is -2.27. The van der Waals surface area contributed by atoms with Crippen LogP contribution in [0.5, 0.6) is 0 Å². The van der Waals surface area contributed by atoms with Crippen LogP contribution in [-0.2, 0) is 11.0 Å². The molecule has 2 atom stereocenters. The Balaban J connectivity index is 1.21. The Morgan fingerprint density at radius 2 is 1.80 bits per heavy atom. The van der Waals surface area contributed by atoms with E-state index in [1.807, 2.05) is 24.3 Å². The molecule has 0 aromatic heterocycles. The number of alkyl halides is 3. The second-order valence-corrected chi connectivity index (χ2v) is 10.1. The van der Waals surface area contributed by atoms with Gasteiger partial charge in [0.05, 0.1) is 12.1 Å². The van der Waals surface area contributed by atoms with Gasteiger partial charge in [0.2, 0.25) is 0 Å². The van der Waals surface area contributed by atoms with Crippen LogP contribution in [0.1, 0.15) is 41.6 Å². The molecule has 2 unspecified atom stereocenters. The van der Waals surface area contributed by atoms with Crippen molar-refractivity contribution in [3.05, 3.63) is 59.7 Å². The predicted molar refractivity (Wildman–Crippen MR) is 146 cm³/mol. The summed E-state index contributed by atoms with van der Waals surface area (Å²) < 4.78 is 38.6. The summed E-state index contributed by atoms with van der Waals surface area (Å²) in [5.74, 6) is -1.20. The van der Waals surface area contributed by atoms with Crippen LogP contribution in [0.4, 0.5) is 29.3 Å². The molecule has 214 valence electrons. The SMILES string of the molecule is NC(=O)Nc1ccc(N2CCCC(N3CCC(C=NC(=O)CNC(=O)c4cccc(C(F)(F)F)c4)C3)CC2)cc1. The Morgan fingerprint density at radius 3 is 2.52 bits per heavy atom. The normalized spacial score (nSPS) is 20.3. The number of hydrogen-bond donors (Lipinski definition) is 3. The summed E-state index contributed by atoms with van der Waals surface area (Å²) in [4.78, 5) is 44.2. The maximum Gasteiger partial charge on any atom is 0.416 e. The number of carbonyl (C=O) groups excluding carboxylic acids is 3. The second-order valence-electron chi connectivity index (χ2n) is 10.1. The van der Waals surface area contributed by atoms with E-state index in [-0.39, 0.29) is 18.0 Å². The highest BCUT2D eigenvalue weighted by Crippen LogP contribution is 2.30. The van der Waals surface area contributed by atoms with Crippen LogP contribution >= 0.6 is 0 Å². The van der Waals surface area contributed by atoms with Crippen LogP contribution in [0.15, 0.2) is 53.5 Å². The number of likely N-dealkylation sites (tertiary alicyclic amines) is 1. The van der Waals surface area contributed by atoms with Crippen molar-refractivity contribution in [1.82, 2.24) is 10.2 Å². The minimum absolute atomic E-state index is 0.118. The highest BCUT2D eigenvalue weighted by Gasteiger charge is 2.31. The molecule has 9 nitrogen and oxygen atoms in total. The van der Waals surface area contributed by atoms with E-state index in [1.54, 1.807) is 6.21 Å². The molecule has 2 aromatic rings. The molecular weight excluding hydrogens is 525 g/mol. The van der Waals surface area contributed by atoms with Crippen LogP contribution in [0.25, 0.3) is 0 Å². The molecule has 40 heavy (non-hydrogen) atoms. The number of halogens is 3. The van der Waals surface area contributed by atoms with Crippen molar-refractivity contribution in [2.24, 2.45) is 16.6 Å². The Kier molecular flexibility index (Phi) is 9.41. The number of carbonyl (C=O) groups is 3. The molecule has 2 fully saturated rings. The summed E-state index contributed by atoms with van der Waals surface area (Å²) in [5.41, 5.74) is 5.83. The number of benzene rings is 2. The Labute approximate surface area is 230 Å². The molecule has 2 aliphatic rings. The first-order valence-electron chi connectivity index (χ1n) is 13.3. The number of nitrogens with one attached hydrogen (secondary N) is 2. The van der Waals surface area contributed by atoms with Gasteiger partial charge in [-0.1, -0.05) is 6.07 Å². The van der Waals surface area contributed by atoms with E-state index in [2.05, 4.69) is 25.4 Å². The number of amides is 4. The van der Waals surface area contributed by atoms with Gasteiger partial charge < -0.3 is 21.3 Å². The number of hydrogen-bond acceptors (Lipinski definition) is 5. The summed E-state index contributed by atoms with van der Waals surface area (Å²) in [6, 6.07) is 11.5. The Morgan fingerprint density at radius 1 is 1.02 bits per heavy atom. The zero-order chi connectivity index (χ0) is 28.7. The monoisotopic (exact) mass is 558 g/mol. The van der Waals surface area contributed by atoms with Crippen molar-refractivity contribution in [3.63, 3.8) is 0 Å². The minimum atomic E-state index is -4.56. The molecule has 2 heterocycles. The molecule has 2 aliphatic heterocycles. The fourth-order valence-electron chi connectivity index (χ4n) is 5.20. The number of aliphatic imine (C=N–C) groups is 1. The van der Waals surface area contributed by atoms with Crippen LogP contribution in [0.2, 0.25) is 0 Å². The molecule has 4 rings (SSSR count). The van der Waals surface area contributed by atoms with Gasteiger partial charge in [-0.15, -0.1) is 0 Å². The maximum absolute atomic E-state index is 12.9. The summed E-state index contributed by atoms with van der Waals surface area (Å²) >= 11 is 0. The van der Waals surface area contributed by atoms with E-state index < -0.39 is 29.6 Å². The fraction of sp³-hybridized carbons (Fsp3) is 0.429. The van der Waals surface area contributed by atoms with Crippen LogP contribution in [0, 0.1) is 5.92 Å². The Bertz CT molecular complexity index is 1230. The average molecular weight is 559 g/mol. The van der Waals surface area contributed by atoms with Crippen LogP contribution in [0.3, 0.4) is 0 Å². The summed E-state index contributed by atoms with van der Waals surface area (Å²) in [6.45, 7) is 3.17. The van der Waals surface area contributed by atoms with E-state index in [9.17, 15) is 27.6 Å². The third-order valence-corrected chi connectivity index (χ3v) is 7.25. The van der Waals surface area contributed by atoms with Crippen molar-refractivity contribution in [1.29, 1.82) is 0 Å². The lowest BCUT2D eigenvalue weighted by atomic mass is 10.1. The quantitative estimate of drug-likeness (QED) is 0.446. The van der Waals surface area contributed by atoms with Crippen molar-refractivity contribution in [2.45, 2.75) is 37.9 Å². The minimum Gasteiger partial charge on any atom is -0.371 e. The van der Waals surface area contributed by atoms with Gasteiger partial charge in [-0.25, -0.2) is 9.79 Å². The van der Waals surface area contributed by atoms with Gasteiger partial charge in [-0.2, -0.15) is 13.2 Å². The largest absolute Gasteiger partial charge is 0.416 e. The van der Waals surface area contributed by atoms with E-state index in [4.69, 9.17) is 5.73 Å². The number of rotatable bonds is 7. The van der Waals surface area contributed by atoms with Gasteiger partial charge >= 0.3 is 12.2 Å². The van der Waals surface area contributed by atoms with E-state index >= 15 is 0 Å². The maximum atomic E-state index is 12.9. The molecule has 12 heteroatoms. The zero-order valence-electron chi connectivity index (χ0n) is 22.0. The molecule has 2 aromatic carbocycles. The molecule has 4 amide bonds. The van der Waals surface area contributed by atoms with Crippen molar-refractivity contribution in [2.75, 3.05) is 42.9 Å². The molecule has 0 spiro atoms. The van der Waals surface area contributed by atoms with Gasteiger partial charge in [0.25, 0.3) is 11.8 Å². The van der Waals surface area contributed by atoms with E-state index in [1.165, 1.54) is 6.07 Å². The van der Waals surface area contributed by atoms with E-state index in [0.29, 0.717) is 11.7 Å². The molecule has 4 N–H and O–H groups in total. The number of urea groups is 1. The fourth-order valence-corrected chi connectivity index (χ4v) is 5.20. The number of nitrogens with two attached hydrogens (primary N) is 1. The van der Waals surface area contributed by atoms with Gasteiger partial charge in [0.15, 0.2) is 0 Å². The first kappa shape index (κ1) is 29.1. The standard InChI is InChI=1S/C28H33F3N6O3/c29-28(30,31)21-4-1-3-20(15-21)26(39)34-17-25(38)33-16-19-10-13-37(18-19)23-5-2-12-36(14-11-23)24-8-6-22(7-9-24)35-27(32)40/h1,3-4,6-9,15-16,19,23H,2,5,10-14,17-18H2,(H,34,39)(H3,32,35,40). The third kappa shape index (κ3) is 8.04. The first-order chi connectivity index (χ1) is 19.1. The highest BCUT2D eigenvalue weighted by molar-refractivity contribution is 5.97. The summed E-state index contributed by atoms with van der Waals surface area (Å²) in [6.07, 6.45) is 1.07. The van der Waals surface area contributed by atoms with E-state index in [0.717, 1.165) is 75.7 Å². The van der Waals surface area contributed by atoms with Crippen molar-refractivity contribution >= 4 is 35.4 Å². The van der Waals surface area contributed by atoms with Gasteiger partial charge in [-0.05, 0) is 74.7 Å². The second kappa shape index (κ2) is 12.9. The topological polar surface area (TPSA) is 120 Å². The van der Waals surface area contributed by atoms with Gasteiger partial charge in [0.1, 0.15) is 0 Å². The number of anilines is 2. The lowest BCUT2D eigenvalue weighted by molar-refractivity contribution is -0.137. The van der Waals surface area contributed by atoms with Crippen LogP contribution in [-0.4, -0.2) is 67.7 Å². The summed E-state index contributed by atoms with van der Waals surface area (Å²) in [5, 5.41) is 4.91. The molecule has 0 bridgehead atoms. The number of primary amides is 1. The number of nitrogens with zero attached hydrogens (tertiary/aromatic N) is 3. The third-order valence-electron chi connectivity index (χ3n) is 7.25. The van der Waals surface area contributed by atoms with Gasteiger partial charge in [0, 0.05) is 54.7 Å². The molecular formula is C28H33F3N6O3. The summed E-state index contributed by atoms with van der Waals surface area (Å²) in [7, 11) is 0.